The topological polar surface area (TPSA) is 138 Å². The fourth-order valence-corrected chi connectivity index (χ4v) is 3.04. The molecule has 2 heterocycles. The Morgan fingerprint density at radius 3 is 2.30 bits per heavy atom. The van der Waals surface area contributed by atoms with E-state index in [0.717, 1.165) is 39.3 Å². The van der Waals surface area contributed by atoms with Crippen molar-refractivity contribution in [3.8, 4) is 0 Å². The molecule has 0 atom stereocenters. The molecule has 0 saturated carbocycles. The first kappa shape index (κ1) is 17.2. The lowest BCUT2D eigenvalue weighted by Gasteiger charge is -2.02. The summed E-state index contributed by atoms with van der Waals surface area (Å²) in [5.41, 5.74) is 16.2. The first-order valence-electron chi connectivity index (χ1n) is 8.81. The molecule has 0 aliphatic rings. The molecule has 2 aromatic carbocycles. The summed E-state index contributed by atoms with van der Waals surface area (Å²) in [4.78, 5) is 27.9. The predicted octanol–water partition coefficient (Wildman–Crippen LogP) is 1.18. The highest BCUT2D eigenvalue weighted by molar-refractivity contribution is 5.97. The first-order valence-corrected chi connectivity index (χ1v) is 8.81. The second-order valence-electron chi connectivity index (χ2n) is 6.38. The van der Waals surface area contributed by atoms with Crippen molar-refractivity contribution in [3.05, 3.63) is 59.2 Å². The molecule has 0 saturated heterocycles. The van der Waals surface area contributed by atoms with Crippen LogP contribution in [0, 0.1) is 0 Å². The number of carbonyl (C=O) groups is 1. The molecule has 1 amide bonds. The van der Waals surface area contributed by atoms with E-state index in [1.807, 2.05) is 24.3 Å². The second kappa shape index (κ2) is 7.18. The van der Waals surface area contributed by atoms with E-state index in [4.69, 9.17) is 11.5 Å². The van der Waals surface area contributed by atoms with Gasteiger partial charge in [-0.05, 0) is 35.9 Å². The summed E-state index contributed by atoms with van der Waals surface area (Å²) in [6, 6.07) is 11.4. The SMILES string of the molecule is NCCNC(=O)c1ccc2[nH]c(Cc3nc4cc(CN)ccc4[nH]3)nc2c1. The van der Waals surface area contributed by atoms with Crippen LogP contribution in [-0.2, 0) is 13.0 Å². The number of nitrogens with one attached hydrogen (secondary N) is 3. The van der Waals surface area contributed by atoms with E-state index >= 15 is 0 Å². The number of aromatic nitrogens is 4. The number of hydrogen-bond acceptors (Lipinski definition) is 5. The first-order chi connectivity index (χ1) is 13.2. The van der Waals surface area contributed by atoms with Gasteiger partial charge in [-0.15, -0.1) is 0 Å². The molecule has 0 fully saturated rings. The zero-order valence-corrected chi connectivity index (χ0v) is 14.7. The molecule has 4 aromatic rings. The highest BCUT2D eigenvalue weighted by Crippen LogP contribution is 2.18. The Morgan fingerprint density at radius 2 is 1.63 bits per heavy atom. The van der Waals surface area contributed by atoms with Crippen LogP contribution < -0.4 is 16.8 Å². The maximum atomic E-state index is 12.1. The number of aromatic amines is 2. The van der Waals surface area contributed by atoms with Crippen LogP contribution in [-0.4, -0.2) is 38.9 Å². The van der Waals surface area contributed by atoms with Gasteiger partial charge in [-0.2, -0.15) is 0 Å². The quantitative estimate of drug-likeness (QED) is 0.350. The Hall–Kier alpha value is -3.23. The number of nitrogens with zero attached hydrogens (tertiary/aromatic N) is 2. The van der Waals surface area contributed by atoms with E-state index in [-0.39, 0.29) is 5.91 Å². The number of rotatable bonds is 6. The predicted molar refractivity (Wildman–Crippen MR) is 104 cm³/mol. The van der Waals surface area contributed by atoms with E-state index in [1.54, 1.807) is 12.1 Å². The summed E-state index contributed by atoms with van der Waals surface area (Å²) in [5, 5.41) is 2.76. The molecule has 0 spiro atoms. The van der Waals surface area contributed by atoms with Crippen LogP contribution in [0.15, 0.2) is 36.4 Å². The number of H-pyrrole nitrogens is 2. The molecule has 138 valence electrons. The smallest absolute Gasteiger partial charge is 0.251 e. The third kappa shape index (κ3) is 3.53. The monoisotopic (exact) mass is 363 g/mol. The number of benzene rings is 2. The van der Waals surface area contributed by atoms with Gasteiger partial charge in [0.25, 0.3) is 5.91 Å². The standard InChI is InChI=1S/C19H21N7O/c20-5-6-22-19(27)12-2-4-14-16(8-12)26-18(24-14)9-17-23-13-3-1-11(10-21)7-15(13)25-17/h1-4,7-8H,5-6,9-10,20-21H2,(H,22,27)(H,23,25)(H,24,26). The molecular weight excluding hydrogens is 342 g/mol. The minimum atomic E-state index is -0.153. The molecule has 0 aliphatic carbocycles. The van der Waals surface area contributed by atoms with Gasteiger partial charge < -0.3 is 26.8 Å². The number of nitrogens with two attached hydrogens (primary N) is 2. The van der Waals surface area contributed by atoms with E-state index in [1.165, 1.54) is 0 Å². The van der Waals surface area contributed by atoms with Crippen molar-refractivity contribution in [1.82, 2.24) is 25.3 Å². The van der Waals surface area contributed by atoms with Gasteiger partial charge in [0.2, 0.25) is 0 Å². The van der Waals surface area contributed by atoms with Gasteiger partial charge in [-0.3, -0.25) is 4.79 Å². The normalized spacial score (nSPS) is 11.3. The minimum Gasteiger partial charge on any atom is -0.351 e. The highest BCUT2D eigenvalue weighted by atomic mass is 16.1. The summed E-state index contributed by atoms with van der Waals surface area (Å²) >= 11 is 0. The van der Waals surface area contributed by atoms with Crippen molar-refractivity contribution in [1.29, 1.82) is 0 Å². The average Bonchev–Trinajstić information content (AvgIpc) is 3.27. The third-order valence-corrected chi connectivity index (χ3v) is 4.39. The summed E-state index contributed by atoms with van der Waals surface area (Å²) in [6.45, 7) is 1.34. The van der Waals surface area contributed by atoms with Gasteiger partial charge in [-0.25, -0.2) is 9.97 Å². The molecule has 7 N–H and O–H groups in total. The second-order valence-corrected chi connectivity index (χ2v) is 6.38. The Morgan fingerprint density at radius 1 is 0.963 bits per heavy atom. The molecule has 0 aliphatic heterocycles. The molecule has 0 radical (unpaired) electrons. The Balaban J connectivity index is 1.58. The van der Waals surface area contributed by atoms with Crippen LogP contribution in [0.2, 0.25) is 0 Å². The number of hydrogen-bond donors (Lipinski definition) is 5. The largest absolute Gasteiger partial charge is 0.351 e. The average molecular weight is 363 g/mol. The van der Waals surface area contributed by atoms with E-state index in [0.29, 0.717) is 31.6 Å². The Kier molecular flexibility index (Phi) is 4.57. The molecule has 4 rings (SSSR count). The Bertz CT molecular complexity index is 1110. The third-order valence-electron chi connectivity index (χ3n) is 4.39. The van der Waals surface area contributed by atoms with E-state index in [9.17, 15) is 4.79 Å². The number of amides is 1. The van der Waals surface area contributed by atoms with Crippen LogP contribution in [0.3, 0.4) is 0 Å². The summed E-state index contributed by atoms with van der Waals surface area (Å²) in [6.07, 6.45) is 0.538. The maximum Gasteiger partial charge on any atom is 0.251 e. The van der Waals surface area contributed by atoms with Crippen molar-refractivity contribution in [2.75, 3.05) is 13.1 Å². The molecule has 0 unspecified atom stereocenters. The zero-order chi connectivity index (χ0) is 18.8. The summed E-state index contributed by atoms with van der Waals surface area (Å²) < 4.78 is 0. The maximum absolute atomic E-state index is 12.1. The van der Waals surface area contributed by atoms with E-state index in [2.05, 4.69) is 25.3 Å². The zero-order valence-electron chi connectivity index (χ0n) is 14.7. The van der Waals surface area contributed by atoms with Crippen LogP contribution >= 0.6 is 0 Å². The van der Waals surface area contributed by atoms with Gasteiger partial charge in [0.05, 0.1) is 28.5 Å². The lowest BCUT2D eigenvalue weighted by Crippen LogP contribution is -2.28. The number of carbonyl (C=O) groups excluding carboxylic acids is 1. The molecule has 8 nitrogen and oxygen atoms in total. The van der Waals surface area contributed by atoms with Gasteiger partial charge in [0.15, 0.2) is 0 Å². The van der Waals surface area contributed by atoms with Crippen LogP contribution in [0.1, 0.15) is 27.6 Å². The van der Waals surface area contributed by atoms with E-state index < -0.39 is 0 Å². The van der Waals surface area contributed by atoms with Crippen LogP contribution in [0.5, 0.6) is 0 Å². The van der Waals surface area contributed by atoms with Crippen molar-refractivity contribution in [2.24, 2.45) is 11.5 Å². The lowest BCUT2D eigenvalue weighted by molar-refractivity contribution is 0.0955. The Labute approximate surface area is 155 Å². The number of imidazole rings is 2. The fourth-order valence-electron chi connectivity index (χ4n) is 3.04. The summed E-state index contributed by atoms with van der Waals surface area (Å²) in [7, 11) is 0. The van der Waals surface area contributed by atoms with Gasteiger partial charge >= 0.3 is 0 Å². The minimum absolute atomic E-state index is 0.153. The highest BCUT2D eigenvalue weighted by Gasteiger charge is 2.11. The van der Waals surface area contributed by atoms with Crippen LogP contribution in [0.4, 0.5) is 0 Å². The molecule has 0 bridgehead atoms. The molecule has 27 heavy (non-hydrogen) atoms. The van der Waals surface area contributed by atoms with Gasteiger partial charge in [0.1, 0.15) is 11.6 Å². The van der Waals surface area contributed by atoms with Crippen molar-refractivity contribution < 1.29 is 4.79 Å². The van der Waals surface area contributed by atoms with Gasteiger partial charge in [0, 0.05) is 25.2 Å². The molecule has 8 heteroatoms. The van der Waals surface area contributed by atoms with Crippen LogP contribution in [0.25, 0.3) is 22.1 Å². The fraction of sp³-hybridized carbons (Fsp3) is 0.211. The lowest BCUT2D eigenvalue weighted by atomic mass is 10.2. The van der Waals surface area contributed by atoms with Crippen molar-refractivity contribution >= 4 is 28.0 Å². The van der Waals surface area contributed by atoms with Gasteiger partial charge in [-0.1, -0.05) is 6.07 Å². The molecule has 2 aromatic heterocycles. The number of fused-ring (bicyclic) bond motifs is 2. The molecular formula is C19H21N7O. The van der Waals surface area contributed by atoms with Crippen molar-refractivity contribution in [3.63, 3.8) is 0 Å². The van der Waals surface area contributed by atoms with Crippen molar-refractivity contribution in [2.45, 2.75) is 13.0 Å². The summed E-state index contributed by atoms with van der Waals surface area (Å²) in [5.74, 6) is 1.45.